The molecule has 0 fully saturated rings. The fourth-order valence-electron chi connectivity index (χ4n) is 1.31. The van der Waals surface area contributed by atoms with Crippen LogP contribution in [0.1, 0.15) is 25.8 Å². The average molecular weight is 252 g/mol. The molecule has 3 nitrogen and oxygen atoms in total. The largest absolute Gasteiger partial charge is 0.490 e. The summed E-state index contributed by atoms with van der Waals surface area (Å²) in [6.45, 7) is 4.44. The van der Waals surface area contributed by atoms with Crippen molar-refractivity contribution in [1.82, 2.24) is 0 Å². The lowest BCUT2D eigenvalue weighted by Crippen LogP contribution is -2.09. The highest BCUT2D eigenvalue weighted by Gasteiger charge is 2.09. The van der Waals surface area contributed by atoms with Gasteiger partial charge in [-0.25, -0.2) is 9.18 Å². The van der Waals surface area contributed by atoms with Crippen LogP contribution in [0.5, 0.6) is 5.75 Å². The Labute approximate surface area is 106 Å². The van der Waals surface area contributed by atoms with Crippen LogP contribution in [0.15, 0.2) is 24.3 Å². The minimum Gasteiger partial charge on any atom is -0.490 e. The van der Waals surface area contributed by atoms with E-state index in [-0.39, 0.29) is 5.75 Å². The number of rotatable bonds is 6. The molecule has 4 heteroatoms. The maximum absolute atomic E-state index is 13.6. The maximum Gasteiger partial charge on any atom is 0.328 e. The molecule has 0 heterocycles. The third-order valence-electron chi connectivity index (χ3n) is 2.61. The number of aliphatic carboxylic acids is 1. The van der Waals surface area contributed by atoms with Crippen molar-refractivity contribution in [2.24, 2.45) is 5.92 Å². The molecule has 1 aromatic rings. The smallest absolute Gasteiger partial charge is 0.328 e. The van der Waals surface area contributed by atoms with Crippen LogP contribution in [0.3, 0.4) is 0 Å². The predicted octanol–water partition coefficient (Wildman–Crippen LogP) is 3.35. The van der Waals surface area contributed by atoms with Crippen LogP contribution in [0.25, 0.3) is 6.08 Å². The Hall–Kier alpha value is -1.84. The molecule has 98 valence electrons. The number of carboxylic acid groups (broad SMARTS) is 1. The molecule has 0 amide bonds. The number of ether oxygens (including phenoxy) is 1. The third kappa shape index (κ3) is 4.20. The zero-order valence-corrected chi connectivity index (χ0v) is 10.5. The molecule has 0 bridgehead atoms. The first-order chi connectivity index (χ1) is 8.54. The molecule has 0 saturated heterocycles. The van der Waals surface area contributed by atoms with E-state index in [1.807, 2.05) is 13.8 Å². The van der Waals surface area contributed by atoms with E-state index in [1.54, 1.807) is 6.07 Å². The fourth-order valence-corrected chi connectivity index (χ4v) is 1.31. The number of carbonyl (C=O) groups is 1. The van der Waals surface area contributed by atoms with Gasteiger partial charge in [-0.15, -0.1) is 0 Å². The summed E-state index contributed by atoms with van der Waals surface area (Å²) in [6, 6.07) is 4.44. The predicted molar refractivity (Wildman–Crippen MR) is 68.0 cm³/mol. The lowest BCUT2D eigenvalue weighted by Gasteiger charge is -2.13. The van der Waals surface area contributed by atoms with Crippen LogP contribution in [0.4, 0.5) is 4.39 Å². The van der Waals surface area contributed by atoms with E-state index in [9.17, 15) is 9.18 Å². The number of para-hydroxylation sites is 1. The second-order valence-electron chi connectivity index (χ2n) is 4.15. The monoisotopic (exact) mass is 252 g/mol. The van der Waals surface area contributed by atoms with E-state index >= 15 is 0 Å². The zero-order chi connectivity index (χ0) is 13.5. The molecule has 0 aliphatic heterocycles. The van der Waals surface area contributed by atoms with Crippen molar-refractivity contribution in [2.75, 3.05) is 6.61 Å². The minimum absolute atomic E-state index is 0.107. The van der Waals surface area contributed by atoms with Crippen LogP contribution >= 0.6 is 0 Å². The first kappa shape index (κ1) is 14.2. The van der Waals surface area contributed by atoms with Gasteiger partial charge in [0.25, 0.3) is 0 Å². The highest BCUT2D eigenvalue weighted by molar-refractivity contribution is 5.85. The molecule has 1 unspecified atom stereocenters. The van der Waals surface area contributed by atoms with Crippen LogP contribution in [-0.4, -0.2) is 17.7 Å². The van der Waals surface area contributed by atoms with E-state index in [0.29, 0.717) is 18.1 Å². The molecule has 0 saturated carbocycles. The van der Waals surface area contributed by atoms with E-state index in [4.69, 9.17) is 9.84 Å². The van der Waals surface area contributed by atoms with Crippen LogP contribution < -0.4 is 4.74 Å². The number of benzene rings is 1. The Morgan fingerprint density at radius 1 is 1.56 bits per heavy atom. The molecular formula is C14H17FO3. The number of halogens is 1. The fraction of sp³-hybridized carbons (Fsp3) is 0.357. The van der Waals surface area contributed by atoms with Crippen LogP contribution in [-0.2, 0) is 4.79 Å². The molecule has 1 rings (SSSR count). The summed E-state index contributed by atoms with van der Waals surface area (Å²) in [7, 11) is 0. The molecule has 18 heavy (non-hydrogen) atoms. The van der Waals surface area contributed by atoms with E-state index in [1.165, 1.54) is 18.2 Å². The van der Waals surface area contributed by atoms with Crippen LogP contribution in [0, 0.1) is 11.7 Å². The van der Waals surface area contributed by atoms with Gasteiger partial charge in [-0.1, -0.05) is 32.4 Å². The summed E-state index contributed by atoms with van der Waals surface area (Å²) in [5.41, 5.74) is 0.431. The molecule has 0 aromatic heterocycles. The molecule has 0 aliphatic carbocycles. The number of hydrogen-bond donors (Lipinski definition) is 1. The molecular weight excluding hydrogens is 235 g/mol. The van der Waals surface area contributed by atoms with E-state index < -0.39 is 11.8 Å². The zero-order valence-electron chi connectivity index (χ0n) is 10.5. The molecule has 1 N–H and O–H groups in total. The Bertz CT molecular complexity index is 441. The van der Waals surface area contributed by atoms with E-state index in [2.05, 4.69) is 0 Å². The van der Waals surface area contributed by atoms with Crippen molar-refractivity contribution in [2.45, 2.75) is 20.3 Å². The molecule has 0 aliphatic rings. The maximum atomic E-state index is 13.6. The van der Waals surface area contributed by atoms with Crippen molar-refractivity contribution in [1.29, 1.82) is 0 Å². The highest BCUT2D eigenvalue weighted by Crippen LogP contribution is 2.24. The summed E-state index contributed by atoms with van der Waals surface area (Å²) >= 11 is 0. The van der Waals surface area contributed by atoms with Gasteiger partial charge in [0.1, 0.15) is 0 Å². The van der Waals surface area contributed by atoms with Gasteiger partial charge in [-0.2, -0.15) is 0 Å². The highest BCUT2D eigenvalue weighted by atomic mass is 19.1. The van der Waals surface area contributed by atoms with Gasteiger partial charge in [0.15, 0.2) is 11.6 Å². The topological polar surface area (TPSA) is 46.5 Å². The van der Waals surface area contributed by atoms with Crippen molar-refractivity contribution in [3.63, 3.8) is 0 Å². The second kappa shape index (κ2) is 6.79. The lowest BCUT2D eigenvalue weighted by molar-refractivity contribution is -0.131. The van der Waals surface area contributed by atoms with E-state index in [0.717, 1.165) is 12.5 Å². The SMILES string of the molecule is CCC(C)COc1c(F)cccc1/C=C/C(=O)O. The summed E-state index contributed by atoms with van der Waals surface area (Å²) < 4.78 is 19.1. The molecule has 1 aromatic carbocycles. The van der Waals surface area contributed by atoms with Crippen molar-refractivity contribution in [3.8, 4) is 5.75 Å². The Balaban J connectivity index is 2.90. The van der Waals surface area contributed by atoms with Gasteiger partial charge in [-0.3, -0.25) is 0 Å². The Morgan fingerprint density at radius 2 is 2.28 bits per heavy atom. The summed E-state index contributed by atoms with van der Waals surface area (Å²) in [5, 5.41) is 8.57. The Morgan fingerprint density at radius 3 is 2.89 bits per heavy atom. The summed E-state index contributed by atoms with van der Waals surface area (Å²) in [5.74, 6) is -1.13. The van der Waals surface area contributed by atoms with Gasteiger partial charge in [-0.05, 0) is 18.1 Å². The van der Waals surface area contributed by atoms with Gasteiger partial charge in [0, 0.05) is 11.6 Å². The van der Waals surface area contributed by atoms with Gasteiger partial charge >= 0.3 is 5.97 Å². The minimum atomic E-state index is -1.08. The van der Waals surface area contributed by atoms with Gasteiger partial charge in [0.2, 0.25) is 0 Å². The van der Waals surface area contributed by atoms with Crippen molar-refractivity contribution >= 4 is 12.0 Å². The third-order valence-corrected chi connectivity index (χ3v) is 2.61. The number of hydrogen-bond acceptors (Lipinski definition) is 2. The number of carboxylic acids is 1. The quantitative estimate of drug-likeness (QED) is 0.790. The second-order valence-corrected chi connectivity index (χ2v) is 4.15. The van der Waals surface area contributed by atoms with Crippen molar-refractivity contribution in [3.05, 3.63) is 35.7 Å². The van der Waals surface area contributed by atoms with Gasteiger partial charge < -0.3 is 9.84 Å². The lowest BCUT2D eigenvalue weighted by atomic mass is 10.1. The first-order valence-corrected chi connectivity index (χ1v) is 5.87. The standard InChI is InChI=1S/C14H17FO3/c1-3-10(2)9-18-14-11(7-8-13(16)17)5-4-6-12(14)15/h4-8,10H,3,9H2,1-2H3,(H,16,17)/b8-7+. The van der Waals surface area contributed by atoms with Gasteiger partial charge in [0.05, 0.1) is 6.61 Å². The average Bonchev–Trinajstić information content (AvgIpc) is 2.34. The summed E-state index contributed by atoms with van der Waals surface area (Å²) in [6.07, 6.45) is 3.23. The summed E-state index contributed by atoms with van der Waals surface area (Å²) in [4.78, 5) is 10.5. The van der Waals surface area contributed by atoms with Crippen molar-refractivity contribution < 1.29 is 19.0 Å². The molecule has 1 atom stereocenters. The Kier molecular flexibility index (Phi) is 5.36. The molecule has 0 spiro atoms. The first-order valence-electron chi connectivity index (χ1n) is 5.87. The normalized spacial score (nSPS) is 12.6. The molecule has 0 radical (unpaired) electrons. The van der Waals surface area contributed by atoms with Crippen LogP contribution in [0.2, 0.25) is 0 Å².